The number of aryl methyl sites for hydroxylation is 1. The van der Waals surface area contributed by atoms with E-state index in [2.05, 4.69) is 0 Å². The van der Waals surface area contributed by atoms with Gasteiger partial charge in [-0.3, -0.25) is 4.79 Å². The first-order valence-corrected chi connectivity index (χ1v) is 9.32. The number of fused-ring (bicyclic) bond motifs is 1. The van der Waals surface area contributed by atoms with Gasteiger partial charge in [0.05, 0.1) is 7.11 Å². The highest BCUT2D eigenvalue weighted by Gasteiger charge is 2.16. The highest BCUT2D eigenvalue weighted by molar-refractivity contribution is 5.86. The number of phenols is 3. The SMILES string of the molecule is COc1cc(O)c2c(=O)cc(-c3cc(O)c(O)c(Cc4ccccc4C)c3)oc2c1. The maximum atomic E-state index is 12.6. The molecule has 0 saturated carbocycles. The van der Waals surface area contributed by atoms with Crippen molar-refractivity contribution < 1.29 is 24.5 Å². The number of methoxy groups -OCH3 is 1. The van der Waals surface area contributed by atoms with Crippen molar-refractivity contribution in [1.82, 2.24) is 0 Å². The fourth-order valence-corrected chi connectivity index (χ4v) is 3.47. The molecule has 0 unspecified atom stereocenters. The Balaban J connectivity index is 1.86. The van der Waals surface area contributed by atoms with Crippen LogP contribution in [-0.2, 0) is 6.42 Å². The molecule has 6 nitrogen and oxygen atoms in total. The summed E-state index contributed by atoms with van der Waals surface area (Å²) < 4.78 is 11.0. The molecule has 0 bridgehead atoms. The second kappa shape index (κ2) is 7.48. The molecule has 0 saturated heterocycles. The number of rotatable bonds is 4. The molecular weight excluding hydrogens is 384 g/mol. The lowest BCUT2D eigenvalue weighted by Crippen LogP contribution is -2.01. The predicted molar refractivity (Wildman–Crippen MR) is 113 cm³/mol. The van der Waals surface area contributed by atoms with Crippen LogP contribution in [0.15, 0.2) is 63.8 Å². The molecule has 4 aromatic rings. The van der Waals surface area contributed by atoms with E-state index in [-0.39, 0.29) is 34.0 Å². The summed E-state index contributed by atoms with van der Waals surface area (Å²) in [6.07, 6.45) is 0.395. The largest absolute Gasteiger partial charge is 0.507 e. The molecule has 0 aliphatic carbocycles. The molecule has 30 heavy (non-hydrogen) atoms. The fraction of sp³-hybridized carbons (Fsp3) is 0.125. The van der Waals surface area contributed by atoms with Crippen molar-refractivity contribution in [3.63, 3.8) is 0 Å². The van der Waals surface area contributed by atoms with Gasteiger partial charge >= 0.3 is 0 Å². The third kappa shape index (κ3) is 3.43. The lowest BCUT2D eigenvalue weighted by Gasteiger charge is -2.12. The summed E-state index contributed by atoms with van der Waals surface area (Å²) in [6, 6.07) is 14.9. The molecule has 0 spiro atoms. The quantitative estimate of drug-likeness (QED) is 0.434. The Morgan fingerprint density at radius 1 is 0.933 bits per heavy atom. The summed E-state index contributed by atoms with van der Waals surface area (Å²) in [5, 5.41) is 30.8. The van der Waals surface area contributed by atoms with E-state index in [0.29, 0.717) is 23.3 Å². The standard InChI is InChI=1S/C24H20O6/c1-13-5-3-4-6-14(13)7-16-8-15(9-20(27)24(16)28)21-12-19(26)23-18(25)10-17(29-2)11-22(23)30-21/h3-6,8-12,25,27-28H,7H2,1-2H3. The zero-order chi connectivity index (χ0) is 21.4. The van der Waals surface area contributed by atoms with Crippen molar-refractivity contribution in [1.29, 1.82) is 0 Å². The van der Waals surface area contributed by atoms with Crippen molar-refractivity contribution in [3.8, 4) is 34.3 Å². The molecular formula is C24H20O6. The van der Waals surface area contributed by atoms with Crippen molar-refractivity contribution in [2.45, 2.75) is 13.3 Å². The van der Waals surface area contributed by atoms with Crippen LogP contribution in [0.4, 0.5) is 0 Å². The predicted octanol–water partition coefficient (Wildman–Crippen LogP) is 4.48. The third-order valence-corrected chi connectivity index (χ3v) is 5.11. The van der Waals surface area contributed by atoms with Crippen LogP contribution in [0.2, 0.25) is 0 Å². The van der Waals surface area contributed by atoms with Gasteiger partial charge in [0.25, 0.3) is 0 Å². The zero-order valence-electron chi connectivity index (χ0n) is 16.5. The normalized spacial score (nSPS) is 11.0. The van der Waals surface area contributed by atoms with Gasteiger partial charge in [-0.15, -0.1) is 0 Å². The molecule has 1 aromatic heterocycles. The molecule has 152 valence electrons. The molecule has 0 atom stereocenters. The van der Waals surface area contributed by atoms with Gasteiger partial charge in [0.2, 0.25) is 0 Å². The first-order valence-electron chi connectivity index (χ1n) is 9.32. The second-order valence-corrected chi connectivity index (χ2v) is 7.10. The van der Waals surface area contributed by atoms with Crippen LogP contribution in [0.5, 0.6) is 23.0 Å². The van der Waals surface area contributed by atoms with E-state index < -0.39 is 5.43 Å². The van der Waals surface area contributed by atoms with E-state index in [1.807, 2.05) is 31.2 Å². The van der Waals surface area contributed by atoms with Gasteiger partial charge < -0.3 is 24.5 Å². The fourth-order valence-electron chi connectivity index (χ4n) is 3.47. The van der Waals surface area contributed by atoms with Crippen molar-refractivity contribution in [2.75, 3.05) is 7.11 Å². The second-order valence-electron chi connectivity index (χ2n) is 7.10. The Hall–Kier alpha value is -3.93. The van der Waals surface area contributed by atoms with Gasteiger partial charge in [0.15, 0.2) is 16.9 Å². The van der Waals surface area contributed by atoms with Gasteiger partial charge in [-0.05, 0) is 30.2 Å². The first kappa shape index (κ1) is 19.4. The minimum atomic E-state index is -0.431. The number of ether oxygens (including phenoxy) is 1. The smallest absolute Gasteiger partial charge is 0.197 e. The Morgan fingerprint density at radius 2 is 1.70 bits per heavy atom. The molecule has 3 aromatic carbocycles. The van der Waals surface area contributed by atoms with E-state index in [0.717, 1.165) is 11.1 Å². The summed E-state index contributed by atoms with van der Waals surface area (Å²) in [4.78, 5) is 12.6. The number of phenolic OH excluding ortho intramolecular Hbond substituents is 3. The van der Waals surface area contributed by atoms with E-state index in [1.165, 1.54) is 31.4 Å². The molecule has 0 aliphatic rings. The van der Waals surface area contributed by atoms with Gasteiger partial charge in [-0.25, -0.2) is 0 Å². The maximum Gasteiger partial charge on any atom is 0.197 e. The van der Waals surface area contributed by atoms with Gasteiger partial charge in [0.1, 0.15) is 28.2 Å². The average molecular weight is 404 g/mol. The van der Waals surface area contributed by atoms with Gasteiger partial charge in [0, 0.05) is 35.7 Å². The van der Waals surface area contributed by atoms with E-state index >= 15 is 0 Å². The van der Waals surface area contributed by atoms with Crippen LogP contribution < -0.4 is 10.2 Å². The molecule has 4 rings (SSSR count). The highest BCUT2D eigenvalue weighted by atomic mass is 16.5. The molecule has 6 heteroatoms. The summed E-state index contributed by atoms with van der Waals surface area (Å²) in [6.45, 7) is 1.97. The number of benzene rings is 3. The van der Waals surface area contributed by atoms with E-state index in [1.54, 1.807) is 6.07 Å². The third-order valence-electron chi connectivity index (χ3n) is 5.11. The minimum Gasteiger partial charge on any atom is -0.507 e. The summed E-state index contributed by atoms with van der Waals surface area (Å²) in [5.41, 5.74) is 2.70. The lowest BCUT2D eigenvalue weighted by molar-refractivity contribution is 0.400. The van der Waals surface area contributed by atoms with E-state index in [9.17, 15) is 20.1 Å². The van der Waals surface area contributed by atoms with Crippen LogP contribution >= 0.6 is 0 Å². The Kier molecular flexibility index (Phi) is 4.83. The topological polar surface area (TPSA) is 100 Å². The highest BCUT2D eigenvalue weighted by Crippen LogP contribution is 2.37. The Bertz CT molecular complexity index is 1320. The van der Waals surface area contributed by atoms with Crippen LogP contribution in [-0.4, -0.2) is 22.4 Å². The van der Waals surface area contributed by atoms with Crippen LogP contribution in [0.25, 0.3) is 22.3 Å². The summed E-state index contributed by atoms with van der Waals surface area (Å²) >= 11 is 0. The number of aromatic hydroxyl groups is 3. The number of hydrogen-bond acceptors (Lipinski definition) is 6. The minimum absolute atomic E-state index is 0.0442. The molecule has 0 fully saturated rings. The van der Waals surface area contributed by atoms with Crippen LogP contribution in [0.3, 0.4) is 0 Å². The maximum absolute atomic E-state index is 12.6. The molecule has 0 aliphatic heterocycles. The van der Waals surface area contributed by atoms with Crippen LogP contribution in [0.1, 0.15) is 16.7 Å². The Labute approximate surface area is 172 Å². The molecule has 0 radical (unpaired) electrons. The van der Waals surface area contributed by atoms with E-state index in [4.69, 9.17) is 9.15 Å². The Morgan fingerprint density at radius 3 is 2.43 bits per heavy atom. The van der Waals surface area contributed by atoms with Crippen LogP contribution in [0, 0.1) is 6.92 Å². The summed E-state index contributed by atoms with van der Waals surface area (Å²) in [7, 11) is 1.44. The zero-order valence-corrected chi connectivity index (χ0v) is 16.5. The number of hydrogen-bond donors (Lipinski definition) is 3. The van der Waals surface area contributed by atoms with Crippen molar-refractivity contribution >= 4 is 11.0 Å². The lowest BCUT2D eigenvalue weighted by atomic mass is 9.97. The van der Waals surface area contributed by atoms with Crippen molar-refractivity contribution in [3.05, 3.63) is 81.5 Å². The first-order chi connectivity index (χ1) is 14.4. The molecule has 3 N–H and O–H groups in total. The van der Waals surface area contributed by atoms with Gasteiger partial charge in [-0.1, -0.05) is 24.3 Å². The molecule has 1 heterocycles. The average Bonchev–Trinajstić information content (AvgIpc) is 2.72. The summed E-state index contributed by atoms with van der Waals surface area (Å²) in [5.74, 6) is -0.231. The van der Waals surface area contributed by atoms with Gasteiger partial charge in [-0.2, -0.15) is 0 Å². The monoisotopic (exact) mass is 404 g/mol. The van der Waals surface area contributed by atoms with Crippen molar-refractivity contribution in [2.24, 2.45) is 0 Å². The molecule has 0 amide bonds.